The minimum absolute atomic E-state index is 0.0342. The number of fused-ring (bicyclic) bond motifs is 2. The van der Waals surface area contributed by atoms with Gasteiger partial charge in [-0.15, -0.1) is 0 Å². The van der Waals surface area contributed by atoms with Gasteiger partial charge in [-0.25, -0.2) is 4.90 Å². The van der Waals surface area contributed by atoms with Crippen molar-refractivity contribution < 1.29 is 19.5 Å². The van der Waals surface area contributed by atoms with Crippen LogP contribution in [-0.2, 0) is 14.4 Å². The molecule has 1 saturated heterocycles. The zero-order chi connectivity index (χ0) is 27.5. The first-order valence-electron chi connectivity index (χ1n) is 14.9. The highest BCUT2D eigenvalue weighted by Gasteiger charge is 2.73. The van der Waals surface area contributed by atoms with E-state index >= 15 is 0 Å². The highest BCUT2D eigenvalue weighted by Crippen LogP contribution is 2.74. The Bertz CT molecular complexity index is 1450. The number of rotatable bonds is 3. The summed E-state index contributed by atoms with van der Waals surface area (Å²) in [4.78, 5) is 43.1. The van der Waals surface area contributed by atoms with Gasteiger partial charge in [0.15, 0.2) is 0 Å². The molecule has 204 valence electrons. The predicted molar refractivity (Wildman–Crippen MR) is 151 cm³/mol. The largest absolute Gasteiger partial charge is 0.481 e. The summed E-state index contributed by atoms with van der Waals surface area (Å²) < 4.78 is 0. The van der Waals surface area contributed by atoms with E-state index in [0.29, 0.717) is 11.6 Å². The molecule has 6 aliphatic rings. The van der Waals surface area contributed by atoms with Crippen LogP contribution in [0.5, 0.6) is 0 Å². The quantitative estimate of drug-likeness (QED) is 0.351. The summed E-state index contributed by atoms with van der Waals surface area (Å²) in [5, 5.41) is 12.3. The summed E-state index contributed by atoms with van der Waals surface area (Å²) in [6.45, 7) is 8.71. The molecule has 1 N–H and O–H groups in total. The van der Waals surface area contributed by atoms with E-state index in [0.717, 1.165) is 49.3 Å². The Hall–Kier alpha value is -2.95. The first-order valence-corrected chi connectivity index (χ1v) is 14.9. The van der Waals surface area contributed by atoms with Crippen molar-refractivity contribution in [3.05, 3.63) is 54.1 Å². The Morgan fingerprint density at radius 3 is 2.46 bits per heavy atom. The van der Waals surface area contributed by atoms with E-state index in [1.54, 1.807) is 0 Å². The second-order valence-electron chi connectivity index (χ2n) is 14.0. The van der Waals surface area contributed by atoms with Crippen molar-refractivity contribution in [2.45, 2.75) is 66.2 Å². The van der Waals surface area contributed by atoms with Gasteiger partial charge in [-0.05, 0) is 79.6 Å². The van der Waals surface area contributed by atoms with Gasteiger partial charge in [0.05, 0.1) is 22.9 Å². The maximum Gasteiger partial charge on any atom is 0.309 e. The normalized spacial score (nSPS) is 40.9. The number of imide groups is 1. The van der Waals surface area contributed by atoms with Gasteiger partial charge in [0.25, 0.3) is 0 Å². The molecule has 4 fully saturated rings. The SMILES string of the molecule is CC(C)C1=C[C@@]23CC[C@H]4[C@](C)(CCC[C@@]4(C)C(=O)O)[C@@H]2C[C@@H]1[C@H]1C(=O)N(c2cccc4ccccc24)C(=O)[C@H]13. The van der Waals surface area contributed by atoms with E-state index in [-0.39, 0.29) is 46.8 Å². The van der Waals surface area contributed by atoms with Crippen molar-refractivity contribution in [3.8, 4) is 0 Å². The fourth-order valence-electron chi connectivity index (χ4n) is 10.6. The van der Waals surface area contributed by atoms with Crippen LogP contribution in [0, 0.1) is 51.8 Å². The number of hydrogen-bond donors (Lipinski definition) is 1. The Morgan fingerprint density at radius 1 is 0.974 bits per heavy atom. The van der Waals surface area contributed by atoms with Gasteiger partial charge in [0.2, 0.25) is 11.8 Å². The van der Waals surface area contributed by atoms with Crippen molar-refractivity contribution in [1.29, 1.82) is 0 Å². The number of carbonyl (C=O) groups excluding carboxylic acids is 2. The second kappa shape index (κ2) is 8.05. The molecule has 3 saturated carbocycles. The molecule has 8 atom stereocenters. The van der Waals surface area contributed by atoms with Crippen LogP contribution in [0.25, 0.3) is 10.8 Å². The molecule has 2 aromatic rings. The van der Waals surface area contributed by atoms with Crippen molar-refractivity contribution in [2.24, 2.45) is 51.8 Å². The summed E-state index contributed by atoms with van der Waals surface area (Å²) >= 11 is 0. The van der Waals surface area contributed by atoms with E-state index in [1.807, 2.05) is 49.4 Å². The first kappa shape index (κ1) is 25.0. The summed E-state index contributed by atoms with van der Waals surface area (Å²) in [6.07, 6.45) is 7.53. The average molecular weight is 526 g/mol. The predicted octanol–water partition coefficient (Wildman–Crippen LogP) is 6.86. The molecule has 1 spiro atoms. The molecule has 1 aliphatic heterocycles. The highest BCUT2D eigenvalue weighted by molar-refractivity contribution is 6.25. The Balaban J connectivity index is 1.38. The van der Waals surface area contributed by atoms with Crippen molar-refractivity contribution >= 4 is 34.2 Å². The highest BCUT2D eigenvalue weighted by atomic mass is 16.4. The molecule has 5 aliphatic carbocycles. The third-order valence-electron chi connectivity index (χ3n) is 12.2. The Kier molecular flexibility index (Phi) is 5.17. The lowest BCUT2D eigenvalue weighted by Gasteiger charge is -2.68. The van der Waals surface area contributed by atoms with Crippen molar-refractivity contribution in [3.63, 3.8) is 0 Å². The maximum atomic E-state index is 14.6. The topological polar surface area (TPSA) is 74.7 Å². The van der Waals surface area contributed by atoms with E-state index in [1.165, 1.54) is 10.5 Å². The van der Waals surface area contributed by atoms with E-state index < -0.39 is 16.8 Å². The standard InChI is InChI=1S/C34H39NO4/c1-19(2)23-18-34-16-13-25-32(3,14-8-15-33(25,4)31(38)39)26(34)17-22(23)27-28(34)30(37)35(29(27)36)24-12-7-10-20-9-5-6-11-21(20)24/h5-7,9-12,18-19,22,25-28H,8,13-17H2,1-4H3,(H,38,39)/t22-,25-,26-,27+,28-,32-,33+,34-/m0/s1. The van der Waals surface area contributed by atoms with Crippen LogP contribution in [-0.4, -0.2) is 22.9 Å². The van der Waals surface area contributed by atoms with Crippen LogP contribution in [0.2, 0.25) is 0 Å². The summed E-state index contributed by atoms with van der Waals surface area (Å²) in [5.41, 5.74) is 0.744. The number of anilines is 1. The van der Waals surface area contributed by atoms with Crippen LogP contribution in [0.4, 0.5) is 5.69 Å². The zero-order valence-electron chi connectivity index (χ0n) is 23.4. The van der Waals surface area contributed by atoms with Gasteiger partial charge in [0, 0.05) is 10.8 Å². The molecule has 2 aromatic carbocycles. The Morgan fingerprint density at radius 2 is 1.72 bits per heavy atom. The fourth-order valence-corrected chi connectivity index (χ4v) is 10.6. The van der Waals surface area contributed by atoms with Crippen LogP contribution in [0.3, 0.4) is 0 Å². The van der Waals surface area contributed by atoms with Gasteiger partial charge in [-0.1, -0.05) is 75.2 Å². The van der Waals surface area contributed by atoms with E-state index in [4.69, 9.17) is 0 Å². The summed E-state index contributed by atoms with van der Waals surface area (Å²) in [5.74, 6) is -0.828. The lowest BCUT2D eigenvalue weighted by Crippen LogP contribution is -2.65. The fraction of sp³-hybridized carbons (Fsp3) is 0.559. The monoisotopic (exact) mass is 525 g/mol. The smallest absolute Gasteiger partial charge is 0.309 e. The van der Waals surface area contributed by atoms with Crippen LogP contribution >= 0.6 is 0 Å². The molecule has 5 heteroatoms. The number of carboxylic acids is 1. The number of carboxylic acid groups (broad SMARTS) is 1. The third-order valence-corrected chi connectivity index (χ3v) is 12.2. The molecule has 1 heterocycles. The zero-order valence-corrected chi connectivity index (χ0v) is 23.4. The van der Waals surface area contributed by atoms with Crippen molar-refractivity contribution in [1.82, 2.24) is 0 Å². The lowest BCUT2D eigenvalue weighted by atomic mass is 9.34. The van der Waals surface area contributed by atoms with Gasteiger partial charge < -0.3 is 5.11 Å². The van der Waals surface area contributed by atoms with E-state index in [9.17, 15) is 19.5 Å². The van der Waals surface area contributed by atoms with Gasteiger partial charge in [-0.2, -0.15) is 0 Å². The third kappa shape index (κ3) is 3.00. The van der Waals surface area contributed by atoms with Gasteiger partial charge in [0.1, 0.15) is 0 Å². The number of carbonyl (C=O) groups is 3. The minimum atomic E-state index is -0.736. The summed E-state index contributed by atoms with van der Waals surface area (Å²) in [7, 11) is 0. The number of amides is 2. The molecular weight excluding hydrogens is 486 g/mol. The van der Waals surface area contributed by atoms with Crippen LogP contribution in [0.15, 0.2) is 54.1 Å². The molecule has 2 amide bonds. The van der Waals surface area contributed by atoms with Gasteiger partial charge in [-0.3, -0.25) is 14.4 Å². The number of aliphatic carboxylic acids is 1. The van der Waals surface area contributed by atoms with E-state index in [2.05, 4.69) is 26.8 Å². The maximum absolute atomic E-state index is 14.6. The molecule has 39 heavy (non-hydrogen) atoms. The Labute approximate surface area is 230 Å². The molecule has 0 radical (unpaired) electrons. The molecule has 0 unspecified atom stereocenters. The van der Waals surface area contributed by atoms with Crippen LogP contribution < -0.4 is 4.90 Å². The average Bonchev–Trinajstić information content (AvgIpc) is 3.19. The first-order chi connectivity index (χ1) is 18.5. The lowest BCUT2D eigenvalue weighted by molar-refractivity contribution is -0.194. The molecule has 2 bridgehead atoms. The molecule has 5 nitrogen and oxygen atoms in total. The second-order valence-corrected chi connectivity index (χ2v) is 14.0. The minimum Gasteiger partial charge on any atom is -0.481 e. The number of benzene rings is 2. The van der Waals surface area contributed by atoms with Crippen LogP contribution in [0.1, 0.15) is 66.2 Å². The van der Waals surface area contributed by atoms with Crippen molar-refractivity contribution in [2.75, 3.05) is 4.90 Å². The summed E-state index contributed by atoms with van der Waals surface area (Å²) in [6, 6.07) is 13.9. The number of nitrogens with zero attached hydrogens (tertiary/aromatic N) is 1. The molecular formula is C34H39NO4. The van der Waals surface area contributed by atoms with Gasteiger partial charge >= 0.3 is 5.97 Å². The number of hydrogen-bond acceptors (Lipinski definition) is 3. The number of allylic oxidation sites excluding steroid dienone is 2. The molecule has 8 rings (SSSR count). The molecule has 0 aromatic heterocycles.